The molecule has 1 aromatic heterocycles. The maximum absolute atomic E-state index is 11.2. The zero-order valence-corrected chi connectivity index (χ0v) is 10.0. The van der Waals surface area contributed by atoms with Crippen molar-refractivity contribution in [3.63, 3.8) is 0 Å². The van der Waals surface area contributed by atoms with E-state index in [2.05, 4.69) is 4.98 Å². The number of benzene rings is 1. The third-order valence-corrected chi connectivity index (χ3v) is 2.57. The van der Waals surface area contributed by atoms with Gasteiger partial charge in [0.2, 0.25) is 12.0 Å². The van der Waals surface area contributed by atoms with E-state index in [1.165, 1.54) is 6.20 Å². The van der Waals surface area contributed by atoms with E-state index < -0.39 is 12.1 Å². The number of halogens is 1. The second-order valence-corrected chi connectivity index (χ2v) is 3.94. The zero-order chi connectivity index (χ0) is 13.0. The SMILES string of the molecule is O=C(O)C(Oc1ncccc1Cl)c1ccccc1. The van der Waals surface area contributed by atoms with Gasteiger partial charge >= 0.3 is 5.97 Å². The number of nitrogens with zero attached hydrogens (tertiary/aromatic N) is 1. The highest BCUT2D eigenvalue weighted by atomic mass is 35.5. The first-order valence-corrected chi connectivity index (χ1v) is 5.61. The lowest BCUT2D eigenvalue weighted by atomic mass is 10.1. The van der Waals surface area contributed by atoms with Gasteiger partial charge in [-0.2, -0.15) is 0 Å². The summed E-state index contributed by atoms with van der Waals surface area (Å²) in [5.74, 6) is -0.988. The second kappa shape index (κ2) is 5.51. The van der Waals surface area contributed by atoms with E-state index in [1.54, 1.807) is 42.5 Å². The summed E-state index contributed by atoms with van der Waals surface area (Å²) in [6.07, 6.45) is 0.365. The Balaban J connectivity index is 2.28. The summed E-state index contributed by atoms with van der Waals surface area (Å²) in [4.78, 5) is 15.1. The Kier molecular flexibility index (Phi) is 3.79. The Bertz CT molecular complexity index is 545. The molecule has 1 heterocycles. The van der Waals surface area contributed by atoms with Gasteiger partial charge in [0.25, 0.3) is 0 Å². The highest BCUT2D eigenvalue weighted by Crippen LogP contribution is 2.26. The van der Waals surface area contributed by atoms with E-state index in [0.29, 0.717) is 5.56 Å². The van der Waals surface area contributed by atoms with Crippen LogP contribution in [0.3, 0.4) is 0 Å². The number of aliphatic carboxylic acids is 1. The average Bonchev–Trinajstić information content (AvgIpc) is 2.38. The van der Waals surface area contributed by atoms with Gasteiger partial charge in [-0.3, -0.25) is 0 Å². The summed E-state index contributed by atoms with van der Waals surface area (Å²) in [7, 11) is 0. The standard InChI is InChI=1S/C13H10ClNO3/c14-10-7-4-8-15-12(10)18-11(13(16)17)9-5-2-1-3-6-9/h1-8,11H,(H,16,17). The first-order chi connectivity index (χ1) is 8.68. The van der Waals surface area contributed by atoms with E-state index in [9.17, 15) is 9.90 Å². The van der Waals surface area contributed by atoms with Crippen LogP contribution in [0.4, 0.5) is 0 Å². The van der Waals surface area contributed by atoms with Gasteiger partial charge in [-0.25, -0.2) is 9.78 Å². The Morgan fingerprint density at radius 1 is 1.22 bits per heavy atom. The third kappa shape index (κ3) is 2.78. The van der Waals surface area contributed by atoms with Crippen molar-refractivity contribution in [1.82, 2.24) is 4.98 Å². The van der Waals surface area contributed by atoms with Crippen LogP contribution in [0.1, 0.15) is 11.7 Å². The molecule has 0 spiro atoms. The van der Waals surface area contributed by atoms with Crippen LogP contribution in [0.5, 0.6) is 5.88 Å². The summed E-state index contributed by atoms with van der Waals surface area (Å²) < 4.78 is 5.35. The van der Waals surface area contributed by atoms with E-state index in [0.717, 1.165) is 0 Å². The summed E-state index contributed by atoms with van der Waals surface area (Å²) in [6.45, 7) is 0. The van der Waals surface area contributed by atoms with Gasteiger partial charge in [0.1, 0.15) is 5.02 Å². The largest absolute Gasteiger partial charge is 0.478 e. The monoisotopic (exact) mass is 263 g/mol. The maximum atomic E-state index is 11.2. The molecule has 0 aliphatic carbocycles. The molecule has 0 aliphatic rings. The molecular weight excluding hydrogens is 254 g/mol. The molecule has 5 heteroatoms. The quantitative estimate of drug-likeness (QED) is 0.921. The lowest BCUT2D eigenvalue weighted by Crippen LogP contribution is -2.18. The van der Waals surface area contributed by atoms with Gasteiger partial charge in [-0.1, -0.05) is 41.9 Å². The van der Waals surface area contributed by atoms with Crippen molar-refractivity contribution >= 4 is 17.6 Å². The molecule has 0 fully saturated rings. The van der Waals surface area contributed by atoms with Gasteiger partial charge in [0, 0.05) is 11.8 Å². The molecule has 1 N–H and O–H groups in total. The Labute approximate surface area is 109 Å². The molecule has 4 nitrogen and oxygen atoms in total. The molecule has 2 aromatic rings. The van der Waals surface area contributed by atoms with Gasteiger partial charge in [-0.15, -0.1) is 0 Å². The predicted molar refractivity (Wildman–Crippen MR) is 66.7 cm³/mol. The second-order valence-electron chi connectivity index (χ2n) is 3.54. The Hall–Kier alpha value is -2.07. The molecule has 0 radical (unpaired) electrons. The number of carboxylic acids is 1. The van der Waals surface area contributed by atoms with Crippen LogP contribution < -0.4 is 4.74 Å². The lowest BCUT2D eigenvalue weighted by Gasteiger charge is -2.15. The number of pyridine rings is 1. The number of hydrogen-bond acceptors (Lipinski definition) is 3. The van der Waals surface area contributed by atoms with Gasteiger partial charge in [0.15, 0.2) is 0 Å². The van der Waals surface area contributed by atoms with Crippen molar-refractivity contribution in [2.45, 2.75) is 6.10 Å². The normalized spacial score (nSPS) is 11.8. The Morgan fingerprint density at radius 2 is 1.94 bits per heavy atom. The first-order valence-electron chi connectivity index (χ1n) is 5.23. The molecule has 92 valence electrons. The Morgan fingerprint density at radius 3 is 2.56 bits per heavy atom. The molecule has 0 bridgehead atoms. The van der Waals surface area contributed by atoms with Gasteiger partial charge < -0.3 is 9.84 Å². The molecule has 0 saturated heterocycles. The zero-order valence-electron chi connectivity index (χ0n) is 9.29. The highest BCUT2D eigenvalue weighted by Gasteiger charge is 2.23. The number of hydrogen-bond donors (Lipinski definition) is 1. The molecular formula is C13H10ClNO3. The van der Waals surface area contributed by atoms with Crippen LogP contribution in [0.15, 0.2) is 48.7 Å². The molecule has 1 atom stereocenters. The molecule has 0 saturated carbocycles. The smallest absolute Gasteiger partial charge is 0.349 e. The number of ether oxygens (including phenoxy) is 1. The van der Waals surface area contributed by atoms with E-state index in [1.807, 2.05) is 0 Å². The van der Waals surface area contributed by atoms with Crippen molar-refractivity contribution in [3.05, 3.63) is 59.2 Å². The number of rotatable bonds is 4. The van der Waals surface area contributed by atoms with E-state index in [-0.39, 0.29) is 10.9 Å². The van der Waals surface area contributed by atoms with Crippen molar-refractivity contribution in [2.24, 2.45) is 0 Å². The molecule has 1 aromatic carbocycles. The third-order valence-electron chi connectivity index (χ3n) is 2.28. The van der Waals surface area contributed by atoms with Crippen molar-refractivity contribution < 1.29 is 14.6 Å². The summed E-state index contributed by atoms with van der Waals surface area (Å²) in [6, 6.07) is 11.9. The number of carboxylic acid groups (broad SMARTS) is 1. The fourth-order valence-electron chi connectivity index (χ4n) is 1.46. The lowest BCUT2D eigenvalue weighted by molar-refractivity contribution is -0.145. The van der Waals surface area contributed by atoms with Crippen molar-refractivity contribution in [2.75, 3.05) is 0 Å². The number of carbonyl (C=O) groups is 1. The van der Waals surface area contributed by atoms with Crippen LogP contribution in [-0.2, 0) is 4.79 Å². The molecule has 18 heavy (non-hydrogen) atoms. The van der Waals surface area contributed by atoms with Crippen LogP contribution in [0, 0.1) is 0 Å². The van der Waals surface area contributed by atoms with Crippen LogP contribution in [0.2, 0.25) is 5.02 Å². The average molecular weight is 264 g/mol. The molecule has 0 amide bonds. The minimum atomic E-state index is -1.13. The number of aromatic nitrogens is 1. The topological polar surface area (TPSA) is 59.4 Å². The highest BCUT2D eigenvalue weighted by molar-refractivity contribution is 6.31. The van der Waals surface area contributed by atoms with Crippen molar-refractivity contribution in [3.8, 4) is 5.88 Å². The van der Waals surface area contributed by atoms with Crippen LogP contribution in [-0.4, -0.2) is 16.1 Å². The first kappa shape index (κ1) is 12.4. The summed E-state index contributed by atoms with van der Waals surface area (Å²) in [5.41, 5.74) is 0.534. The molecule has 0 aliphatic heterocycles. The van der Waals surface area contributed by atoms with Crippen LogP contribution in [0.25, 0.3) is 0 Å². The fourth-order valence-corrected chi connectivity index (χ4v) is 1.62. The summed E-state index contributed by atoms with van der Waals surface area (Å²) >= 11 is 5.88. The molecule has 2 rings (SSSR count). The van der Waals surface area contributed by atoms with Gasteiger partial charge in [0.05, 0.1) is 0 Å². The van der Waals surface area contributed by atoms with Crippen molar-refractivity contribution in [1.29, 1.82) is 0 Å². The minimum absolute atomic E-state index is 0.107. The minimum Gasteiger partial charge on any atom is -0.478 e. The van der Waals surface area contributed by atoms with E-state index >= 15 is 0 Å². The van der Waals surface area contributed by atoms with Gasteiger partial charge in [-0.05, 0) is 12.1 Å². The summed E-state index contributed by atoms with van der Waals surface area (Å²) in [5, 5.41) is 9.46. The molecule has 1 unspecified atom stereocenters. The maximum Gasteiger partial charge on any atom is 0.349 e. The fraction of sp³-hybridized carbons (Fsp3) is 0.0769. The predicted octanol–water partition coefficient (Wildman–Crippen LogP) is 2.94. The van der Waals surface area contributed by atoms with E-state index in [4.69, 9.17) is 16.3 Å². The van der Waals surface area contributed by atoms with Crippen LogP contribution >= 0.6 is 11.6 Å².